The Hall–Kier alpha value is -2.70. The first-order valence-electron chi connectivity index (χ1n) is 8.04. The summed E-state index contributed by atoms with van der Waals surface area (Å²) < 4.78 is 89.5. The number of nitrogens with one attached hydrogen (secondary N) is 1. The number of amides is 1. The summed E-state index contributed by atoms with van der Waals surface area (Å²) in [5.74, 6) is -1.28. The number of carbonyl (C=O) groups is 1. The fraction of sp³-hybridized carbons (Fsp3) is 0.0556. The van der Waals surface area contributed by atoms with E-state index in [1.807, 2.05) is 0 Å². The summed E-state index contributed by atoms with van der Waals surface area (Å²) in [6.07, 6.45) is -4.70. The highest BCUT2D eigenvalue weighted by atomic mass is 32.2. The van der Waals surface area contributed by atoms with E-state index in [2.05, 4.69) is 0 Å². The van der Waals surface area contributed by atoms with Gasteiger partial charge in [0.1, 0.15) is 4.21 Å². The maximum atomic E-state index is 12.8. The molecule has 0 atom stereocenters. The lowest BCUT2D eigenvalue weighted by molar-refractivity contribution is -0.137. The Kier molecular flexibility index (Phi) is 5.76. The van der Waals surface area contributed by atoms with Crippen molar-refractivity contribution in [1.82, 2.24) is 4.72 Å². The summed E-state index contributed by atoms with van der Waals surface area (Å²) in [6.45, 7) is 0. The molecule has 0 aliphatic carbocycles. The second kappa shape index (κ2) is 7.85. The number of rotatable bonds is 5. The van der Waals surface area contributed by atoms with Gasteiger partial charge >= 0.3 is 6.18 Å². The summed E-state index contributed by atoms with van der Waals surface area (Å²) in [4.78, 5) is 11.8. The van der Waals surface area contributed by atoms with Crippen molar-refractivity contribution in [2.75, 3.05) is 0 Å². The van der Waals surface area contributed by atoms with E-state index >= 15 is 0 Å². The van der Waals surface area contributed by atoms with Gasteiger partial charge in [-0.3, -0.25) is 4.79 Å². The fourth-order valence-electron chi connectivity index (χ4n) is 2.39. The Labute approximate surface area is 174 Å². The molecular weight excluding hydrogens is 463 g/mol. The normalized spacial score (nSPS) is 12.5. The number of carbonyl (C=O) groups excluding carboxylic acids is 1. The lowest BCUT2D eigenvalue weighted by Crippen LogP contribution is -2.30. The van der Waals surface area contributed by atoms with Crippen molar-refractivity contribution in [3.8, 4) is 0 Å². The number of sulfone groups is 1. The molecule has 0 bridgehead atoms. The molecule has 1 N–H and O–H groups in total. The van der Waals surface area contributed by atoms with Crippen LogP contribution < -0.4 is 4.72 Å². The molecule has 2 aromatic carbocycles. The molecule has 1 aromatic heterocycles. The van der Waals surface area contributed by atoms with Crippen molar-refractivity contribution in [3.63, 3.8) is 0 Å². The molecule has 30 heavy (non-hydrogen) atoms. The molecular formula is C18H12F3NO5S3. The third kappa shape index (κ3) is 4.55. The average Bonchev–Trinajstić information content (AvgIpc) is 3.20. The van der Waals surface area contributed by atoms with Gasteiger partial charge in [-0.15, -0.1) is 11.3 Å². The first-order valence-corrected chi connectivity index (χ1v) is 11.9. The van der Waals surface area contributed by atoms with Crippen LogP contribution in [0, 0.1) is 0 Å². The van der Waals surface area contributed by atoms with E-state index in [0.29, 0.717) is 17.4 Å². The summed E-state index contributed by atoms with van der Waals surface area (Å²) in [5, 5.41) is 1.10. The zero-order valence-corrected chi connectivity index (χ0v) is 17.2. The quantitative estimate of drug-likeness (QED) is 0.607. The van der Waals surface area contributed by atoms with Gasteiger partial charge in [-0.05, 0) is 36.4 Å². The first kappa shape index (κ1) is 22.0. The van der Waals surface area contributed by atoms with E-state index in [0.717, 1.165) is 29.6 Å². The molecule has 1 amide bonds. The summed E-state index contributed by atoms with van der Waals surface area (Å²) in [6, 6.07) is 11.5. The van der Waals surface area contributed by atoms with Crippen LogP contribution in [0.4, 0.5) is 13.2 Å². The minimum atomic E-state index is -4.70. The third-order valence-corrected chi connectivity index (χ3v) is 8.53. The molecule has 0 saturated heterocycles. The van der Waals surface area contributed by atoms with Gasteiger partial charge in [0.25, 0.3) is 15.9 Å². The Balaban J connectivity index is 1.86. The third-order valence-electron chi connectivity index (χ3n) is 3.86. The number of alkyl halides is 3. The van der Waals surface area contributed by atoms with Crippen molar-refractivity contribution in [1.29, 1.82) is 0 Å². The van der Waals surface area contributed by atoms with Crippen LogP contribution in [0.2, 0.25) is 0 Å². The molecule has 0 fully saturated rings. The minimum Gasteiger partial charge on any atom is -0.268 e. The molecule has 3 rings (SSSR count). The second-order valence-electron chi connectivity index (χ2n) is 5.93. The predicted octanol–water partition coefficient (Wildman–Crippen LogP) is 3.72. The largest absolute Gasteiger partial charge is 0.416 e. The van der Waals surface area contributed by atoms with Crippen LogP contribution in [-0.4, -0.2) is 22.7 Å². The Bertz CT molecular complexity index is 1300. The number of halogens is 3. The van der Waals surface area contributed by atoms with Crippen LogP contribution in [0.1, 0.15) is 15.9 Å². The van der Waals surface area contributed by atoms with Gasteiger partial charge in [-0.1, -0.05) is 24.3 Å². The van der Waals surface area contributed by atoms with Crippen LogP contribution in [0.15, 0.2) is 80.0 Å². The van der Waals surface area contributed by atoms with E-state index in [1.54, 1.807) is 10.8 Å². The van der Waals surface area contributed by atoms with Crippen LogP contribution in [0.25, 0.3) is 0 Å². The zero-order chi connectivity index (χ0) is 22.2. The first-order chi connectivity index (χ1) is 13.9. The van der Waals surface area contributed by atoms with Crippen molar-refractivity contribution in [2.24, 2.45) is 0 Å². The number of thiophene rings is 1. The molecule has 1 heterocycles. The number of hydrogen-bond donors (Lipinski definition) is 1. The molecule has 0 spiro atoms. The van der Waals surface area contributed by atoms with Gasteiger partial charge in [0, 0.05) is 10.9 Å². The molecule has 158 valence electrons. The highest BCUT2D eigenvalue weighted by Gasteiger charge is 2.31. The van der Waals surface area contributed by atoms with Crippen molar-refractivity contribution in [3.05, 3.63) is 77.2 Å². The van der Waals surface area contributed by atoms with Gasteiger partial charge in [0.05, 0.1) is 15.4 Å². The van der Waals surface area contributed by atoms with Crippen LogP contribution in [-0.2, 0) is 26.0 Å². The number of sulfonamides is 1. The van der Waals surface area contributed by atoms with Crippen LogP contribution in [0.5, 0.6) is 0 Å². The van der Waals surface area contributed by atoms with E-state index < -0.39 is 47.3 Å². The lowest BCUT2D eigenvalue weighted by atomic mass is 10.1. The van der Waals surface area contributed by atoms with Gasteiger partial charge in [-0.2, -0.15) is 13.2 Å². The van der Waals surface area contributed by atoms with Crippen molar-refractivity contribution < 1.29 is 34.8 Å². The minimum absolute atomic E-state index is 0.0419. The monoisotopic (exact) mass is 475 g/mol. The van der Waals surface area contributed by atoms with Crippen molar-refractivity contribution >= 4 is 37.1 Å². The van der Waals surface area contributed by atoms with Crippen molar-refractivity contribution in [2.45, 2.75) is 20.2 Å². The summed E-state index contributed by atoms with van der Waals surface area (Å²) >= 11 is 0.561. The van der Waals surface area contributed by atoms with Gasteiger partial charge in [0.15, 0.2) is 0 Å². The maximum Gasteiger partial charge on any atom is 0.416 e. The molecule has 0 saturated carbocycles. The Morgan fingerprint density at radius 3 is 2.17 bits per heavy atom. The highest BCUT2D eigenvalue weighted by Crippen LogP contribution is 2.30. The van der Waals surface area contributed by atoms with Crippen LogP contribution >= 0.6 is 11.3 Å². The van der Waals surface area contributed by atoms with E-state index in [-0.39, 0.29) is 9.79 Å². The maximum absolute atomic E-state index is 12.8. The number of hydrogen-bond acceptors (Lipinski definition) is 6. The van der Waals surface area contributed by atoms with Crippen LogP contribution in [0.3, 0.4) is 0 Å². The van der Waals surface area contributed by atoms with E-state index in [1.165, 1.54) is 24.3 Å². The Morgan fingerprint density at radius 1 is 0.867 bits per heavy atom. The molecule has 0 aliphatic heterocycles. The second-order valence-corrected chi connectivity index (χ2v) is 10.7. The fourth-order valence-corrected chi connectivity index (χ4v) is 6.26. The molecule has 3 aromatic rings. The standard InChI is InChI=1S/C18H12F3NO5S3/c19-18(20,21)13-6-4-5-12(9-13)17(23)22-30(26,27)16-10-15(11-28-16)29(24,25)14-7-2-1-3-8-14/h1-11H,(H,22,23). The lowest BCUT2D eigenvalue weighted by Gasteiger charge is -2.09. The van der Waals surface area contributed by atoms with E-state index in [9.17, 15) is 34.8 Å². The Morgan fingerprint density at radius 2 is 1.53 bits per heavy atom. The molecule has 12 heteroatoms. The average molecular weight is 475 g/mol. The topological polar surface area (TPSA) is 97.4 Å². The molecule has 0 radical (unpaired) electrons. The van der Waals surface area contributed by atoms with Gasteiger partial charge in [0.2, 0.25) is 9.84 Å². The predicted molar refractivity (Wildman–Crippen MR) is 102 cm³/mol. The highest BCUT2D eigenvalue weighted by molar-refractivity contribution is 7.93. The SMILES string of the molecule is O=C(NS(=O)(=O)c1cc(S(=O)(=O)c2ccccc2)cs1)c1cccc(C(F)(F)F)c1. The summed E-state index contributed by atoms with van der Waals surface area (Å²) in [5.41, 5.74) is -1.62. The molecule has 0 unspecified atom stereocenters. The van der Waals surface area contributed by atoms with Gasteiger partial charge < -0.3 is 0 Å². The molecule has 6 nitrogen and oxygen atoms in total. The molecule has 0 aliphatic rings. The summed E-state index contributed by atoms with van der Waals surface area (Å²) in [7, 11) is -8.48. The van der Waals surface area contributed by atoms with E-state index in [4.69, 9.17) is 0 Å². The van der Waals surface area contributed by atoms with Gasteiger partial charge in [-0.25, -0.2) is 21.6 Å². The smallest absolute Gasteiger partial charge is 0.268 e. The zero-order valence-electron chi connectivity index (χ0n) is 14.8. The number of benzene rings is 2.